The number of allylic oxidation sites excluding steroid dienone is 1. The van der Waals surface area contributed by atoms with Gasteiger partial charge in [0.15, 0.2) is 10.6 Å². The van der Waals surface area contributed by atoms with E-state index in [2.05, 4.69) is 20.5 Å². The fourth-order valence-electron chi connectivity index (χ4n) is 2.11. The van der Waals surface area contributed by atoms with E-state index in [4.69, 9.17) is 12.2 Å². The maximum Gasteiger partial charge on any atom is 0.244 e. The second-order valence-electron chi connectivity index (χ2n) is 5.19. The first kappa shape index (κ1) is 16.1. The predicted molar refractivity (Wildman–Crippen MR) is 87.5 cm³/mol. The van der Waals surface area contributed by atoms with Gasteiger partial charge in [0.2, 0.25) is 5.91 Å². The average Bonchev–Trinajstić information content (AvgIpc) is 2.87. The molecule has 0 fully saturated rings. The van der Waals surface area contributed by atoms with Crippen LogP contribution in [-0.4, -0.2) is 25.7 Å². The SMILES string of the molecule is C/C(=C\C(=O)NCc1n[nH]c(=S)n1C(C)C)c1ccncc1. The van der Waals surface area contributed by atoms with Gasteiger partial charge in [-0.2, -0.15) is 5.10 Å². The number of carbonyl (C=O) groups is 1. The van der Waals surface area contributed by atoms with Crippen LogP contribution >= 0.6 is 12.2 Å². The highest BCUT2D eigenvalue weighted by molar-refractivity contribution is 7.71. The van der Waals surface area contributed by atoms with Gasteiger partial charge >= 0.3 is 0 Å². The highest BCUT2D eigenvalue weighted by atomic mass is 32.1. The zero-order valence-corrected chi connectivity index (χ0v) is 13.6. The van der Waals surface area contributed by atoms with Crippen molar-refractivity contribution >= 4 is 23.7 Å². The molecule has 0 unspecified atom stereocenters. The molecule has 0 aliphatic heterocycles. The topological polar surface area (TPSA) is 75.6 Å². The number of hydrogen-bond donors (Lipinski definition) is 2. The fourth-order valence-corrected chi connectivity index (χ4v) is 2.47. The quantitative estimate of drug-likeness (QED) is 0.656. The minimum atomic E-state index is -0.168. The molecule has 2 heterocycles. The summed E-state index contributed by atoms with van der Waals surface area (Å²) in [6, 6.07) is 3.92. The minimum Gasteiger partial charge on any atom is -0.345 e. The number of pyridine rings is 1. The number of rotatable bonds is 5. The molecule has 0 atom stereocenters. The van der Waals surface area contributed by atoms with Crippen LogP contribution in [0.3, 0.4) is 0 Å². The highest BCUT2D eigenvalue weighted by Gasteiger charge is 2.10. The third kappa shape index (κ3) is 3.88. The Morgan fingerprint density at radius 1 is 1.45 bits per heavy atom. The first-order valence-electron chi connectivity index (χ1n) is 7.01. The van der Waals surface area contributed by atoms with Crippen LogP contribution in [0.15, 0.2) is 30.6 Å². The van der Waals surface area contributed by atoms with E-state index < -0.39 is 0 Å². The van der Waals surface area contributed by atoms with Crippen molar-refractivity contribution in [2.75, 3.05) is 0 Å². The lowest BCUT2D eigenvalue weighted by Crippen LogP contribution is -2.23. The zero-order valence-electron chi connectivity index (χ0n) is 12.8. The number of nitrogens with one attached hydrogen (secondary N) is 2. The van der Waals surface area contributed by atoms with Gasteiger partial charge in [0, 0.05) is 24.5 Å². The molecule has 2 N–H and O–H groups in total. The van der Waals surface area contributed by atoms with Crippen LogP contribution in [0.2, 0.25) is 0 Å². The first-order valence-corrected chi connectivity index (χ1v) is 7.42. The fraction of sp³-hybridized carbons (Fsp3) is 0.333. The summed E-state index contributed by atoms with van der Waals surface area (Å²) < 4.78 is 2.44. The summed E-state index contributed by atoms with van der Waals surface area (Å²) in [6.07, 6.45) is 4.96. The van der Waals surface area contributed by atoms with Crippen LogP contribution in [-0.2, 0) is 11.3 Å². The van der Waals surface area contributed by atoms with Gasteiger partial charge in [0.05, 0.1) is 6.54 Å². The number of aromatic nitrogens is 4. The molecule has 0 saturated heterocycles. The maximum absolute atomic E-state index is 12.0. The summed E-state index contributed by atoms with van der Waals surface area (Å²) in [7, 11) is 0. The van der Waals surface area contributed by atoms with Crippen molar-refractivity contribution in [1.29, 1.82) is 0 Å². The Morgan fingerprint density at radius 2 is 2.14 bits per heavy atom. The molecule has 2 aromatic heterocycles. The van der Waals surface area contributed by atoms with Crippen LogP contribution in [0.4, 0.5) is 0 Å². The Balaban J connectivity index is 2.03. The Labute approximate surface area is 134 Å². The van der Waals surface area contributed by atoms with Crippen molar-refractivity contribution in [3.05, 3.63) is 46.8 Å². The van der Waals surface area contributed by atoms with Crippen molar-refractivity contribution < 1.29 is 4.79 Å². The lowest BCUT2D eigenvalue weighted by atomic mass is 10.1. The van der Waals surface area contributed by atoms with E-state index in [1.165, 1.54) is 0 Å². The summed E-state index contributed by atoms with van der Waals surface area (Å²) in [6.45, 7) is 6.25. The zero-order chi connectivity index (χ0) is 16.1. The molecule has 0 bridgehead atoms. The van der Waals surface area contributed by atoms with E-state index in [9.17, 15) is 4.79 Å². The van der Waals surface area contributed by atoms with Crippen molar-refractivity contribution in [3.63, 3.8) is 0 Å². The third-order valence-corrected chi connectivity index (χ3v) is 3.49. The normalized spacial score (nSPS) is 11.7. The van der Waals surface area contributed by atoms with Gasteiger partial charge in [-0.25, -0.2) is 0 Å². The number of aromatic amines is 1. The minimum absolute atomic E-state index is 0.168. The summed E-state index contributed by atoms with van der Waals surface area (Å²) in [5.74, 6) is 0.543. The molecular formula is C15H19N5OS. The molecule has 0 aromatic carbocycles. The number of nitrogens with zero attached hydrogens (tertiary/aromatic N) is 3. The van der Waals surface area contributed by atoms with Gasteiger partial charge in [0.25, 0.3) is 0 Å². The first-order chi connectivity index (χ1) is 10.5. The summed E-state index contributed by atoms with van der Waals surface area (Å²) in [5, 5.41) is 9.73. The van der Waals surface area contributed by atoms with Crippen molar-refractivity contribution in [2.45, 2.75) is 33.4 Å². The molecule has 0 spiro atoms. The average molecular weight is 317 g/mol. The third-order valence-electron chi connectivity index (χ3n) is 3.20. The molecule has 116 valence electrons. The molecule has 0 aliphatic carbocycles. The monoisotopic (exact) mass is 317 g/mol. The van der Waals surface area contributed by atoms with Crippen molar-refractivity contribution in [3.8, 4) is 0 Å². The standard InChI is InChI=1S/C15H19N5OS/c1-10(2)20-13(18-19-15(20)22)9-17-14(21)8-11(3)12-4-6-16-7-5-12/h4-8,10H,9H2,1-3H3,(H,17,21)(H,19,22)/b11-8+. The van der Waals surface area contributed by atoms with Crippen molar-refractivity contribution in [2.24, 2.45) is 0 Å². The number of hydrogen-bond acceptors (Lipinski definition) is 4. The van der Waals surface area contributed by atoms with Crippen LogP contribution in [0.1, 0.15) is 38.2 Å². The van der Waals surface area contributed by atoms with Crippen LogP contribution in [0.25, 0.3) is 5.57 Å². The Hall–Kier alpha value is -2.28. The van der Waals surface area contributed by atoms with Gasteiger partial charge in [-0.05, 0) is 56.3 Å². The predicted octanol–water partition coefficient (Wildman–Crippen LogP) is 2.64. The van der Waals surface area contributed by atoms with Gasteiger partial charge < -0.3 is 9.88 Å². The number of carbonyl (C=O) groups excluding carboxylic acids is 1. The van der Waals surface area contributed by atoms with Gasteiger partial charge in [-0.15, -0.1) is 0 Å². The molecule has 2 rings (SSSR count). The Bertz CT molecular complexity index is 730. The molecule has 2 aromatic rings. The highest BCUT2D eigenvalue weighted by Crippen LogP contribution is 2.11. The van der Waals surface area contributed by atoms with Crippen molar-refractivity contribution in [1.82, 2.24) is 25.1 Å². The molecule has 1 amide bonds. The van der Waals surface area contributed by atoms with E-state index in [-0.39, 0.29) is 11.9 Å². The van der Waals surface area contributed by atoms with Crippen LogP contribution in [0, 0.1) is 4.77 Å². The van der Waals surface area contributed by atoms with E-state index in [0.29, 0.717) is 17.1 Å². The van der Waals surface area contributed by atoms with E-state index in [0.717, 1.165) is 11.1 Å². The summed E-state index contributed by atoms with van der Waals surface area (Å²) in [5.41, 5.74) is 1.85. The van der Waals surface area contributed by atoms with Crippen LogP contribution < -0.4 is 5.32 Å². The largest absolute Gasteiger partial charge is 0.345 e. The molecular weight excluding hydrogens is 298 g/mol. The van der Waals surface area contributed by atoms with E-state index >= 15 is 0 Å². The molecule has 7 heteroatoms. The lowest BCUT2D eigenvalue weighted by Gasteiger charge is -2.10. The lowest BCUT2D eigenvalue weighted by molar-refractivity contribution is -0.116. The van der Waals surface area contributed by atoms with Crippen LogP contribution in [0.5, 0.6) is 0 Å². The molecule has 0 aliphatic rings. The Morgan fingerprint density at radius 3 is 2.77 bits per heavy atom. The maximum atomic E-state index is 12.0. The number of amides is 1. The van der Waals surface area contributed by atoms with Gasteiger partial charge in [-0.3, -0.25) is 14.9 Å². The van der Waals surface area contributed by atoms with E-state index in [1.807, 2.05) is 37.5 Å². The van der Waals surface area contributed by atoms with Gasteiger partial charge in [-0.1, -0.05) is 0 Å². The smallest absolute Gasteiger partial charge is 0.244 e. The van der Waals surface area contributed by atoms with E-state index in [1.54, 1.807) is 18.5 Å². The molecule has 6 nitrogen and oxygen atoms in total. The molecule has 0 saturated carbocycles. The summed E-state index contributed by atoms with van der Waals surface area (Å²) in [4.78, 5) is 16.0. The summed E-state index contributed by atoms with van der Waals surface area (Å²) >= 11 is 5.18. The Kier molecular flexibility index (Phi) is 5.21. The molecule has 22 heavy (non-hydrogen) atoms. The number of H-pyrrole nitrogens is 1. The molecule has 0 radical (unpaired) electrons. The van der Waals surface area contributed by atoms with Gasteiger partial charge in [0.1, 0.15) is 0 Å². The second-order valence-corrected chi connectivity index (χ2v) is 5.58. The second kappa shape index (κ2) is 7.13.